The van der Waals surface area contributed by atoms with Crippen LogP contribution in [-0.2, 0) is 0 Å². The Morgan fingerprint density at radius 3 is 2.71 bits per heavy atom. The van der Waals surface area contributed by atoms with Crippen LogP contribution in [0.15, 0.2) is 71.8 Å². The third kappa shape index (κ3) is 2.34. The molecular formula is C18H14N4O2. The van der Waals surface area contributed by atoms with Gasteiger partial charge >= 0.3 is 5.69 Å². The van der Waals surface area contributed by atoms with Crippen LogP contribution in [0.5, 0.6) is 5.75 Å². The van der Waals surface area contributed by atoms with Crippen LogP contribution < -0.4 is 10.4 Å². The van der Waals surface area contributed by atoms with Gasteiger partial charge in [-0.3, -0.25) is 0 Å². The zero-order valence-corrected chi connectivity index (χ0v) is 13.0. The summed E-state index contributed by atoms with van der Waals surface area (Å²) < 4.78 is 8.07. The summed E-state index contributed by atoms with van der Waals surface area (Å²) in [6, 6.07) is 16.8. The molecule has 0 N–H and O–H groups in total. The summed E-state index contributed by atoms with van der Waals surface area (Å²) in [7, 11) is 1.63. The fourth-order valence-corrected chi connectivity index (χ4v) is 2.58. The molecule has 0 saturated heterocycles. The zero-order chi connectivity index (χ0) is 16.5. The van der Waals surface area contributed by atoms with Gasteiger partial charge in [0.25, 0.3) is 0 Å². The van der Waals surface area contributed by atoms with Gasteiger partial charge in [-0.15, -0.1) is 5.10 Å². The molecular weight excluding hydrogens is 304 g/mol. The molecule has 0 unspecified atom stereocenters. The molecule has 0 aliphatic carbocycles. The van der Waals surface area contributed by atoms with E-state index < -0.39 is 0 Å². The summed E-state index contributed by atoms with van der Waals surface area (Å²) in [5.74, 6) is 1.26. The summed E-state index contributed by atoms with van der Waals surface area (Å²) in [6.07, 6.45) is 3.41. The molecule has 0 amide bonds. The SMILES string of the molecule is COc1cccc(-c2ccc3nn(-c4ccccn4)c(=O)n3c2)c1. The number of methoxy groups -OCH3 is 1. The van der Waals surface area contributed by atoms with E-state index in [1.54, 1.807) is 31.6 Å². The van der Waals surface area contributed by atoms with Crippen molar-refractivity contribution in [3.05, 3.63) is 77.5 Å². The molecule has 3 aromatic heterocycles. The molecule has 0 spiro atoms. The Hall–Kier alpha value is -3.41. The third-order valence-corrected chi connectivity index (χ3v) is 3.79. The van der Waals surface area contributed by atoms with Crippen LogP contribution in [0.2, 0.25) is 0 Å². The lowest BCUT2D eigenvalue weighted by molar-refractivity contribution is 0.415. The summed E-state index contributed by atoms with van der Waals surface area (Å²) >= 11 is 0. The number of hydrogen-bond donors (Lipinski definition) is 0. The summed E-state index contributed by atoms with van der Waals surface area (Å²) in [5.41, 5.74) is 2.18. The number of pyridine rings is 2. The molecule has 0 saturated carbocycles. The van der Waals surface area contributed by atoms with E-state index in [2.05, 4.69) is 10.1 Å². The van der Waals surface area contributed by atoms with Crippen molar-refractivity contribution in [2.24, 2.45) is 0 Å². The van der Waals surface area contributed by atoms with Gasteiger partial charge in [0.1, 0.15) is 5.75 Å². The quantitative estimate of drug-likeness (QED) is 0.582. The first-order chi connectivity index (χ1) is 11.8. The highest BCUT2D eigenvalue weighted by Crippen LogP contribution is 2.23. The maximum Gasteiger partial charge on any atom is 0.356 e. The summed E-state index contributed by atoms with van der Waals surface area (Å²) in [5, 5.41) is 4.33. The highest BCUT2D eigenvalue weighted by atomic mass is 16.5. The lowest BCUT2D eigenvalue weighted by Crippen LogP contribution is -2.20. The highest BCUT2D eigenvalue weighted by Gasteiger charge is 2.10. The van der Waals surface area contributed by atoms with Crippen molar-refractivity contribution >= 4 is 5.65 Å². The summed E-state index contributed by atoms with van der Waals surface area (Å²) in [6.45, 7) is 0. The van der Waals surface area contributed by atoms with Crippen molar-refractivity contribution < 1.29 is 4.74 Å². The highest BCUT2D eigenvalue weighted by molar-refractivity contribution is 5.66. The van der Waals surface area contributed by atoms with Crippen LogP contribution in [0.25, 0.3) is 22.6 Å². The molecule has 0 radical (unpaired) electrons. The minimum Gasteiger partial charge on any atom is -0.497 e. The Morgan fingerprint density at radius 2 is 1.92 bits per heavy atom. The molecule has 0 aliphatic rings. The number of aromatic nitrogens is 4. The molecule has 0 bridgehead atoms. The van der Waals surface area contributed by atoms with Gasteiger partial charge in [0, 0.05) is 12.4 Å². The van der Waals surface area contributed by atoms with Gasteiger partial charge in [0.05, 0.1) is 7.11 Å². The van der Waals surface area contributed by atoms with E-state index >= 15 is 0 Å². The molecule has 6 nitrogen and oxygen atoms in total. The average Bonchev–Trinajstić information content (AvgIpc) is 2.99. The lowest BCUT2D eigenvalue weighted by atomic mass is 10.1. The van der Waals surface area contributed by atoms with E-state index in [9.17, 15) is 4.79 Å². The number of nitrogens with zero attached hydrogens (tertiary/aromatic N) is 4. The minimum atomic E-state index is -0.256. The topological polar surface area (TPSA) is 61.4 Å². The van der Waals surface area contributed by atoms with Crippen molar-refractivity contribution in [1.29, 1.82) is 0 Å². The van der Waals surface area contributed by atoms with Gasteiger partial charge in [0.15, 0.2) is 11.5 Å². The Kier molecular flexibility index (Phi) is 3.35. The maximum atomic E-state index is 12.6. The van der Waals surface area contributed by atoms with Crippen LogP contribution in [-0.4, -0.2) is 26.3 Å². The van der Waals surface area contributed by atoms with Crippen LogP contribution in [0.1, 0.15) is 0 Å². The Bertz CT molecular complexity index is 1070. The van der Waals surface area contributed by atoms with Crippen LogP contribution in [0.3, 0.4) is 0 Å². The Balaban J connectivity index is 1.87. The lowest BCUT2D eigenvalue weighted by Gasteiger charge is -2.04. The normalized spacial score (nSPS) is 10.9. The number of fused-ring (bicyclic) bond motifs is 1. The van der Waals surface area contributed by atoms with Gasteiger partial charge in [-0.2, -0.15) is 4.68 Å². The smallest absolute Gasteiger partial charge is 0.356 e. The molecule has 0 atom stereocenters. The molecule has 4 aromatic rings. The van der Waals surface area contributed by atoms with Gasteiger partial charge in [-0.05, 0) is 47.5 Å². The van der Waals surface area contributed by atoms with E-state index in [0.717, 1.165) is 16.9 Å². The number of ether oxygens (including phenoxy) is 1. The first kappa shape index (κ1) is 14.2. The minimum absolute atomic E-state index is 0.256. The van der Waals surface area contributed by atoms with Crippen LogP contribution in [0, 0.1) is 0 Å². The Labute approximate surface area is 137 Å². The summed E-state index contributed by atoms with van der Waals surface area (Å²) in [4.78, 5) is 16.8. The standard InChI is InChI=1S/C18H14N4O2/c1-24-15-6-4-5-13(11-15)14-8-9-17-20-22(18(23)21(17)12-14)16-7-2-3-10-19-16/h2-12H,1H3. The van der Waals surface area contributed by atoms with Crippen molar-refractivity contribution in [2.45, 2.75) is 0 Å². The van der Waals surface area contributed by atoms with E-state index in [0.29, 0.717) is 11.5 Å². The van der Waals surface area contributed by atoms with E-state index in [1.807, 2.05) is 42.5 Å². The molecule has 118 valence electrons. The van der Waals surface area contributed by atoms with E-state index in [-0.39, 0.29) is 5.69 Å². The number of benzene rings is 1. The van der Waals surface area contributed by atoms with Gasteiger partial charge < -0.3 is 4.74 Å². The molecule has 1 aromatic carbocycles. The molecule has 24 heavy (non-hydrogen) atoms. The largest absolute Gasteiger partial charge is 0.497 e. The van der Waals surface area contributed by atoms with Gasteiger partial charge in [0.2, 0.25) is 0 Å². The fraction of sp³-hybridized carbons (Fsp3) is 0.0556. The fourth-order valence-electron chi connectivity index (χ4n) is 2.58. The predicted molar refractivity (Wildman–Crippen MR) is 90.6 cm³/mol. The van der Waals surface area contributed by atoms with E-state index in [4.69, 9.17) is 4.74 Å². The van der Waals surface area contributed by atoms with Crippen LogP contribution in [0.4, 0.5) is 0 Å². The van der Waals surface area contributed by atoms with Crippen molar-refractivity contribution in [3.8, 4) is 22.7 Å². The first-order valence-corrected chi connectivity index (χ1v) is 7.43. The molecule has 0 fully saturated rings. The molecule has 0 aliphatic heterocycles. The molecule has 3 heterocycles. The zero-order valence-electron chi connectivity index (χ0n) is 13.0. The second-order valence-electron chi connectivity index (χ2n) is 5.26. The maximum absolute atomic E-state index is 12.6. The number of hydrogen-bond acceptors (Lipinski definition) is 4. The average molecular weight is 318 g/mol. The second kappa shape index (κ2) is 5.66. The first-order valence-electron chi connectivity index (χ1n) is 7.43. The van der Waals surface area contributed by atoms with Crippen molar-refractivity contribution in [1.82, 2.24) is 19.2 Å². The molecule has 6 heteroatoms. The molecule has 4 rings (SSSR count). The monoisotopic (exact) mass is 318 g/mol. The third-order valence-electron chi connectivity index (χ3n) is 3.79. The van der Waals surface area contributed by atoms with Gasteiger partial charge in [-0.25, -0.2) is 14.2 Å². The van der Waals surface area contributed by atoms with Crippen molar-refractivity contribution in [2.75, 3.05) is 7.11 Å². The van der Waals surface area contributed by atoms with Crippen molar-refractivity contribution in [3.63, 3.8) is 0 Å². The second-order valence-corrected chi connectivity index (χ2v) is 5.26. The Morgan fingerprint density at radius 1 is 1.00 bits per heavy atom. The van der Waals surface area contributed by atoms with E-state index in [1.165, 1.54) is 9.08 Å². The van der Waals surface area contributed by atoms with Crippen LogP contribution >= 0.6 is 0 Å². The van der Waals surface area contributed by atoms with Gasteiger partial charge in [-0.1, -0.05) is 18.2 Å². The predicted octanol–water partition coefficient (Wildman–Crippen LogP) is 2.56. The number of rotatable bonds is 3.